The molecular weight excluding hydrogens is 262 g/mol. The summed E-state index contributed by atoms with van der Waals surface area (Å²) in [6.07, 6.45) is 3.96. The van der Waals surface area contributed by atoms with Gasteiger partial charge in [0.15, 0.2) is 11.6 Å². The van der Waals surface area contributed by atoms with Crippen molar-refractivity contribution in [1.29, 1.82) is 0 Å². The minimum Gasteiger partial charge on any atom is -0.294 e. The van der Waals surface area contributed by atoms with Crippen molar-refractivity contribution in [3.8, 4) is 11.5 Å². The standard InChI is InChI=1S/C17H13N3O/c21-16-7-3-6-14-12(16)10-18-17(20-14)15-9-8-11-4-1-2-5-13(11)19-15/h1-2,4-5,8-10H,3,6-7H2. The second-order valence-corrected chi connectivity index (χ2v) is 5.22. The van der Waals surface area contributed by atoms with E-state index in [2.05, 4.69) is 15.0 Å². The molecule has 4 heteroatoms. The molecule has 4 rings (SSSR count). The fourth-order valence-corrected chi connectivity index (χ4v) is 2.71. The Balaban J connectivity index is 1.83. The molecule has 0 amide bonds. The van der Waals surface area contributed by atoms with Crippen molar-refractivity contribution in [2.24, 2.45) is 0 Å². The topological polar surface area (TPSA) is 55.7 Å². The molecule has 3 aromatic rings. The number of carbonyl (C=O) groups is 1. The van der Waals surface area contributed by atoms with Crippen LogP contribution in [0, 0.1) is 0 Å². The van der Waals surface area contributed by atoms with Gasteiger partial charge < -0.3 is 0 Å². The number of carbonyl (C=O) groups excluding carboxylic acids is 1. The van der Waals surface area contributed by atoms with Crippen LogP contribution >= 0.6 is 0 Å². The van der Waals surface area contributed by atoms with Crippen molar-refractivity contribution in [1.82, 2.24) is 15.0 Å². The average Bonchev–Trinajstić information content (AvgIpc) is 2.54. The Bertz CT molecular complexity index is 858. The van der Waals surface area contributed by atoms with Gasteiger partial charge in [0.2, 0.25) is 0 Å². The maximum absolute atomic E-state index is 11.8. The molecule has 4 nitrogen and oxygen atoms in total. The van der Waals surface area contributed by atoms with Crippen molar-refractivity contribution in [3.63, 3.8) is 0 Å². The van der Waals surface area contributed by atoms with Crippen LogP contribution in [-0.2, 0) is 6.42 Å². The summed E-state index contributed by atoms with van der Waals surface area (Å²) in [7, 11) is 0. The highest BCUT2D eigenvalue weighted by atomic mass is 16.1. The van der Waals surface area contributed by atoms with Gasteiger partial charge in [0.1, 0.15) is 5.69 Å². The van der Waals surface area contributed by atoms with E-state index in [-0.39, 0.29) is 5.78 Å². The van der Waals surface area contributed by atoms with Crippen LogP contribution in [0.25, 0.3) is 22.4 Å². The molecule has 2 aromatic heterocycles. The van der Waals surface area contributed by atoms with Crippen molar-refractivity contribution in [2.45, 2.75) is 19.3 Å². The van der Waals surface area contributed by atoms with E-state index in [1.54, 1.807) is 6.20 Å². The Kier molecular flexibility index (Phi) is 2.74. The zero-order valence-electron chi connectivity index (χ0n) is 11.4. The first kappa shape index (κ1) is 12.1. The first-order chi connectivity index (χ1) is 10.3. The molecule has 102 valence electrons. The molecule has 21 heavy (non-hydrogen) atoms. The quantitative estimate of drug-likeness (QED) is 0.684. The third kappa shape index (κ3) is 2.09. The highest BCUT2D eigenvalue weighted by molar-refractivity contribution is 5.97. The molecular formula is C17H13N3O. The van der Waals surface area contributed by atoms with Crippen molar-refractivity contribution >= 4 is 16.7 Å². The van der Waals surface area contributed by atoms with Crippen LogP contribution in [0.2, 0.25) is 0 Å². The maximum Gasteiger partial charge on any atom is 0.178 e. The van der Waals surface area contributed by atoms with E-state index in [0.717, 1.165) is 35.1 Å². The van der Waals surface area contributed by atoms with E-state index in [0.29, 0.717) is 17.8 Å². The summed E-state index contributed by atoms with van der Waals surface area (Å²) >= 11 is 0. The van der Waals surface area contributed by atoms with E-state index in [4.69, 9.17) is 0 Å². The highest BCUT2D eigenvalue weighted by Crippen LogP contribution is 2.23. The number of benzene rings is 1. The first-order valence-electron chi connectivity index (χ1n) is 7.06. The second kappa shape index (κ2) is 4.74. The molecule has 1 aromatic carbocycles. The van der Waals surface area contributed by atoms with Crippen molar-refractivity contribution in [2.75, 3.05) is 0 Å². The lowest BCUT2D eigenvalue weighted by atomic mass is 9.96. The molecule has 2 heterocycles. The largest absolute Gasteiger partial charge is 0.294 e. The molecule has 1 aliphatic rings. The van der Waals surface area contributed by atoms with Gasteiger partial charge in [-0.3, -0.25) is 4.79 Å². The number of hydrogen-bond donors (Lipinski definition) is 0. The van der Waals surface area contributed by atoms with Gasteiger partial charge in [0, 0.05) is 18.0 Å². The SMILES string of the molecule is O=C1CCCc2nc(-c3ccc4ccccc4n3)ncc21. The Morgan fingerprint density at radius 2 is 1.86 bits per heavy atom. The van der Waals surface area contributed by atoms with Gasteiger partial charge in [-0.2, -0.15) is 0 Å². The number of pyridine rings is 1. The summed E-state index contributed by atoms with van der Waals surface area (Å²) in [5, 5.41) is 1.09. The van der Waals surface area contributed by atoms with Crippen LogP contribution in [0.1, 0.15) is 28.9 Å². The van der Waals surface area contributed by atoms with Gasteiger partial charge in [0.25, 0.3) is 0 Å². The highest BCUT2D eigenvalue weighted by Gasteiger charge is 2.19. The molecule has 0 atom stereocenters. The molecule has 0 saturated heterocycles. The zero-order valence-corrected chi connectivity index (χ0v) is 11.4. The summed E-state index contributed by atoms with van der Waals surface area (Å²) in [4.78, 5) is 25.3. The number of aromatic nitrogens is 3. The molecule has 0 bridgehead atoms. The lowest BCUT2D eigenvalue weighted by Gasteiger charge is -2.13. The molecule has 0 spiro atoms. The molecule has 0 N–H and O–H groups in total. The summed E-state index contributed by atoms with van der Waals surface area (Å²) in [5.41, 5.74) is 3.19. The lowest BCUT2D eigenvalue weighted by Crippen LogP contribution is -2.14. The van der Waals surface area contributed by atoms with Gasteiger partial charge in [-0.15, -0.1) is 0 Å². The Hall–Kier alpha value is -2.62. The zero-order chi connectivity index (χ0) is 14.2. The van der Waals surface area contributed by atoms with E-state index in [1.807, 2.05) is 36.4 Å². The number of Topliss-reactive ketones (excluding diaryl/α,β-unsaturated/α-hetero) is 1. The Labute approximate surface area is 121 Å². The minimum absolute atomic E-state index is 0.147. The summed E-state index contributed by atoms with van der Waals surface area (Å²) < 4.78 is 0. The van der Waals surface area contributed by atoms with Gasteiger partial charge in [-0.05, 0) is 25.0 Å². The van der Waals surface area contributed by atoms with Crippen LogP contribution in [-0.4, -0.2) is 20.7 Å². The van der Waals surface area contributed by atoms with Gasteiger partial charge >= 0.3 is 0 Å². The van der Waals surface area contributed by atoms with Crippen LogP contribution in [0.5, 0.6) is 0 Å². The smallest absolute Gasteiger partial charge is 0.178 e. The number of hydrogen-bond acceptors (Lipinski definition) is 4. The molecule has 1 aliphatic carbocycles. The number of para-hydroxylation sites is 1. The Morgan fingerprint density at radius 3 is 2.81 bits per heavy atom. The molecule has 0 unspecified atom stereocenters. The fourth-order valence-electron chi connectivity index (χ4n) is 2.71. The predicted molar refractivity (Wildman–Crippen MR) is 80.0 cm³/mol. The third-order valence-corrected chi connectivity index (χ3v) is 3.81. The van der Waals surface area contributed by atoms with Gasteiger partial charge in [0.05, 0.1) is 16.8 Å². The first-order valence-corrected chi connectivity index (χ1v) is 7.06. The number of rotatable bonds is 1. The molecule has 0 radical (unpaired) electrons. The molecule has 0 fully saturated rings. The van der Waals surface area contributed by atoms with E-state index in [9.17, 15) is 4.79 Å². The van der Waals surface area contributed by atoms with Gasteiger partial charge in [-0.25, -0.2) is 15.0 Å². The van der Waals surface area contributed by atoms with E-state index in [1.165, 1.54) is 0 Å². The normalized spacial score (nSPS) is 14.2. The van der Waals surface area contributed by atoms with Crippen molar-refractivity contribution in [3.05, 3.63) is 53.9 Å². The van der Waals surface area contributed by atoms with Crippen molar-refractivity contribution < 1.29 is 4.79 Å². The van der Waals surface area contributed by atoms with E-state index >= 15 is 0 Å². The number of fused-ring (bicyclic) bond motifs is 2. The number of aryl methyl sites for hydroxylation is 1. The van der Waals surface area contributed by atoms with Crippen LogP contribution < -0.4 is 0 Å². The number of ketones is 1. The molecule has 0 aliphatic heterocycles. The summed E-state index contributed by atoms with van der Waals surface area (Å²) in [6, 6.07) is 11.9. The Morgan fingerprint density at radius 1 is 0.952 bits per heavy atom. The lowest BCUT2D eigenvalue weighted by molar-refractivity contribution is 0.0971. The fraction of sp³-hybridized carbons (Fsp3) is 0.176. The monoisotopic (exact) mass is 275 g/mol. The van der Waals surface area contributed by atoms with Crippen LogP contribution in [0.3, 0.4) is 0 Å². The maximum atomic E-state index is 11.8. The minimum atomic E-state index is 0.147. The van der Waals surface area contributed by atoms with E-state index < -0.39 is 0 Å². The summed E-state index contributed by atoms with van der Waals surface area (Å²) in [6.45, 7) is 0. The molecule has 0 saturated carbocycles. The van der Waals surface area contributed by atoms with Crippen LogP contribution in [0.15, 0.2) is 42.6 Å². The average molecular weight is 275 g/mol. The van der Waals surface area contributed by atoms with Gasteiger partial charge in [-0.1, -0.05) is 24.3 Å². The third-order valence-electron chi connectivity index (χ3n) is 3.81. The number of nitrogens with zero attached hydrogens (tertiary/aromatic N) is 3. The predicted octanol–water partition coefficient (Wildman–Crippen LogP) is 3.21. The van der Waals surface area contributed by atoms with Crippen LogP contribution in [0.4, 0.5) is 0 Å². The second-order valence-electron chi connectivity index (χ2n) is 5.22. The summed E-state index contributed by atoms with van der Waals surface area (Å²) in [5.74, 6) is 0.739.